The number of hydrogen-bond donors (Lipinski definition) is 1. The van der Waals surface area contributed by atoms with Crippen LogP contribution in [-0.4, -0.2) is 28.8 Å². The van der Waals surface area contributed by atoms with Gasteiger partial charge in [0.15, 0.2) is 0 Å². The second-order valence-electron chi connectivity index (χ2n) is 6.67. The first-order valence-corrected chi connectivity index (χ1v) is 8.24. The van der Waals surface area contributed by atoms with Gasteiger partial charge in [-0.3, -0.25) is 9.59 Å². The number of nitrogens with zero attached hydrogens (tertiary/aromatic N) is 1. The highest BCUT2D eigenvalue weighted by atomic mass is 32.1. The highest BCUT2D eigenvalue weighted by molar-refractivity contribution is 7.11. The Balaban J connectivity index is 2.22. The van der Waals surface area contributed by atoms with Crippen LogP contribution in [-0.2, 0) is 22.6 Å². The minimum atomic E-state index is -0.452. The van der Waals surface area contributed by atoms with E-state index in [-0.39, 0.29) is 17.2 Å². The minimum absolute atomic E-state index is 0.0149. The van der Waals surface area contributed by atoms with Crippen LogP contribution in [0.3, 0.4) is 0 Å². The molecule has 4 nitrogen and oxygen atoms in total. The Hall–Kier alpha value is -1.36. The van der Waals surface area contributed by atoms with Crippen LogP contribution < -0.4 is 5.32 Å². The highest BCUT2D eigenvalue weighted by Crippen LogP contribution is 2.27. The van der Waals surface area contributed by atoms with Gasteiger partial charge in [0.1, 0.15) is 12.1 Å². The topological polar surface area (TPSA) is 49.4 Å². The van der Waals surface area contributed by atoms with E-state index in [2.05, 4.69) is 24.4 Å². The van der Waals surface area contributed by atoms with E-state index in [9.17, 15) is 9.59 Å². The predicted octanol–water partition coefficient (Wildman–Crippen LogP) is 2.57. The zero-order valence-electron chi connectivity index (χ0n) is 13.4. The number of piperazine rings is 1. The standard InChI is InChI=1S/C16H24N2O2S/c1-6-11-7-8-12(21-11)9-18-10(2)14(19)17-13(15(18)20)16(3,4)5/h7-8,10,13H,6,9H2,1-5H3,(H,17,19). The molecule has 0 aromatic carbocycles. The molecular formula is C16H24N2O2S. The smallest absolute Gasteiger partial charge is 0.246 e. The fourth-order valence-electron chi connectivity index (χ4n) is 2.49. The molecule has 0 radical (unpaired) electrons. The number of carbonyl (C=O) groups is 2. The average molecular weight is 308 g/mol. The van der Waals surface area contributed by atoms with Crippen molar-refractivity contribution in [2.45, 2.75) is 59.7 Å². The Labute approximate surface area is 130 Å². The first-order valence-electron chi connectivity index (χ1n) is 7.42. The lowest BCUT2D eigenvalue weighted by atomic mass is 9.84. The Kier molecular flexibility index (Phi) is 4.42. The number of thiophene rings is 1. The lowest BCUT2D eigenvalue weighted by Crippen LogP contribution is -2.65. The summed E-state index contributed by atoms with van der Waals surface area (Å²) < 4.78 is 0. The molecule has 0 spiro atoms. The van der Waals surface area contributed by atoms with Gasteiger partial charge >= 0.3 is 0 Å². The van der Waals surface area contributed by atoms with Crippen molar-refractivity contribution in [1.29, 1.82) is 0 Å². The monoisotopic (exact) mass is 308 g/mol. The van der Waals surface area contributed by atoms with Crippen molar-refractivity contribution < 1.29 is 9.59 Å². The predicted molar refractivity (Wildman–Crippen MR) is 85.1 cm³/mol. The number of rotatable bonds is 3. The van der Waals surface area contributed by atoms with Crippen LogP contribution >= 0.6 is 11.3 Å². The first-order chi connectivity index (χ1) is 9.74. The van der Waals surface area contributed by atoms with Gasteiger partial charge in [-0.05, 0) is 30.9 Å². The zero-order chi connectivity index (χ0) is 15.8. The van der Waals surface area contributed by atoms with Crippen LogP contribution in [0.5, 0.6) is 0 Å². The Morgan fingerprint density at radius 1 is 1.24 bits per heavy atom. The maximum Gasteiger partial charge on any atom is 0.246 e. The fraction of sp³-hybridized carbons (Fsp3) is 0.625. The molecule has 1 aromatic rings. The van der Waals surface area contributed by atoms with Crippen molar-refractivity contribution >= 4 is 23.2 Å². The van der Waals surface area contributed by atoms with Gasteiger partial charge in [-0.2, -0.15) is 0 Å². The van der Waals surface area contributed by atoms with Crippen LogP contribution in [0.25, 0.3) is 0 Å². The van der Waals surface area contributed by atoms with Crippen molar-refractivity contribution in [3.05, 3.63) is 21.9 Å². The Bertz CT molecular complexity index is 545. The third kappa shape index (κ3) is 3.28. The Morgan fingerprint density at radius 3 is 2.38 bits per heavy atom. The molecule has 1 saturated heterocycles. The number of amides is 2. The molecule has 1 aromatic heterocycles. The van der Waals surface area contributed by atoms with Crippen LogP contribution in [0.15, 0.2) is 12.1 Å². The SMILES string of the molecule is CCc1ccc(CN2C(=O)C(C(C)(C)C)NC(=O)C2C)s1. The molecule has 1 aliphatic heterocycles. The van der Waals surface area contributed by atoms with Crippen LogP contribution in [0.4, 0.5) is 0 Å². The van der Waals surface area contributed by atoms with E-state index in [0.29, 0.717) is 6.54 Å². The fourth-order valence-corrected chi connectivity index (χ4v) is 3.45. The van der Waals surface area contributed by atoms with Gasteiger partial charge in [-0.15, -0.1) is 11.3 Å². The van der Waals surface area contributed by atoms with E-state index < -0.39 is 12.1 Å². The number of carbonyl (C=O) groups excluding carboxylic acids is 2. The van der Waals surface area contributed by atoms with Gasteiger partial charge in [0.05, 0.1) is 6.54 Å². The molecule has 0 aliphatic carbocycles. The van der Waals surface area contributed by atoms with E-state index in [1.165, 1.54) is 4.88 Å². The van der Waals surface area contributed by atoms with Gasteiger partial charge < -0.3 is 10.2 Å². The molecule has 1 aliphatic rings. The van der Waals surface area contributed by atoms with Crippen molar-refractivity contribution in [3.63, 3.8) is 0 Å². The third-order valence-corrected chi connectivity index (χ3v) is 5.14. The molecule has 2 unspecified atom stereocenters. The lowest BCUT2D eigenvalue weighted by molar-refractivity contribution is -0.152. The van der Waals surface area contributed by atoms with Crippen molar-refractivity contribution in [1.82, 2.24) is 10.2 Å². The molecule has 2 heterocycles. The van der Waals surface area contributed by atoms with E-state index in [1.807, 2.05) is 20.8 Å². The van der Waals surface area contributed by atoms with Crippen LogP contribution in [0.2, 0.25) is 0 Å². The van der Waals surface area contributed by atoms with Crippen molar-refractivity contribution in [3.8, 4) is 0 Å². The van der Waals surface area contributed by atoms with E-state index in [0.717, 1.165) is 11.3 Å². The molecule has 2 rings (SSSR count). The quantitative estimate of drug-likeness (QED) is 0.933. The van der Waals surface area contributed by atoms with Gasteiger partial charge in [0, 0.05) is 9.75 Å². The number of hydrogen-bond acceptors (Lipinski definition) is 3. The van der Waals surface area contributed by atoms with Crippen LogP contribution in [0, 0.1) is 5.41 Å². The largest absolute Gasteiger partial charge is 0.342 e. The second-order valence-corrected chi connectivity index (χ2v) is 7.92. The van der Waals surface area contributed by atoms with Crippen LogP contribution in [0.1, 0.15) is 44.4 Å². The van der Waals surface area contributed by atoms with Gasteiger partial charge in [0.25, 0.3) is 0 Å². The summed E-state index contributed by atoms with van der Waals surface area (Å²) in [7, 11) is 0. The minimum Gasteiger partial charge on any atom is -0.342 e. The van der Waals surface area contributed by atoms with E-state index >= 15 is 0 Å². The number of nitrogens with one attached hydrogen (secondary N) is 1. The molecule has 21 heavy (non-hydrogen) atoms. The molecule has 2 amide bonds. The van der Waals surface area contributed by atoms with Gasteiger partial charge in [-0.1, -0.05) is 27.7 Å². The first kappa shape index (κ1) is 16.0. The summed E-state index contributed by atoms with van der Waals surface area (Å²) in [6.07, 6.45) is 0.999. The third-order valence-electron chi connectivity index (χ3n) is 3.92. The normalized spacial score (nSPS) is 23.4. The molecule has 1 N–H and O–H groups in total. The second kappa shape index (κ2) is 5.79. The summed E-state index contributed by atoms with van der Waals surface area (Å²) in [6, 6.07) is 3.29. The number of aryl methyl sites for hydroxylation is 1. The lowest BCUT2D eigenvalue weighted by Gasteiger charge is -2.42. The van der Waals surface area contributed by atoms with Crippen molar-refractivity contribution in [2.24, 2.45) is 5.41 Å². The molecule has 1 fully saturated rings. The summed E-state index contributed by atoms with van der Waals surface area (Å²) in [4.78, 5) is 29.0. The summed E-state index contributed by atoms with van der Waals surface area (Å²) in [5.41, 5.74) is -0.283. The molecule has 116 valence electrons. The molecule has 5 heteroatoms. The maximum absolute atomic E-state index is 12.7. The maximum atomic E-state index is 12.7. The van der Waals surface area contributed by atoms with Gasteiger partial charge in [0.2, 0.25) is 11.8 Å². The van der Waals surface area contributed by atoms with Gasteiger partial charge in [-0.25, -0.2) is 0 Å². The summed E-state index contributed by atoms with van der Waals surface area (Å²) in [6.45, 7) is 10.4. The molecule has 2 atom stereocenters. The van der Waals surface area contributed by atoms with E-state index in [4.69, 9.17) is 0 Å². The van der Waals surface area contributed by atoms with E-state index in [1.54, 1.807) is 23.2 Å². The average Bonchev–Trinajstić information content (AvgIpc) is 2.85. The zero-order valence-corrected chi connectivity index (χ0v) is 14.2. The summed E-state index contributed by atoms with van der Waals surface area (Å²) in [5.74, 6) is -0.0529. The molecular weight excluding hydrogens is 284 g/mol. The highest BCUT2D eigenvalue weighted by Gasteiger charge is 2.43. The summed E-state index contributed by atoms with van der Waals surface area (Å²) >= 11 is 1.71. The molecule has 0 bridgehead atoms. The Morgan fingerprint density at radius 2 is 1.86 bits per heavy atom. The van der Waals surface area contributed by atoms with Crippen molar-refractivity contribution in [2.75, 3.05) is 0 Å². The molecule has 0 saturated carbocycles. The summed E-state index contributed by atoms with van der Waals surface area (Å²) in [5, 5.41) is 2.86.